The molecule has 2 aliphatic heterocycles. The topological polar surface area (TPSA) is 50.5 Å². The highest BCUT2D eigenvalue weighted by Gasteiger charge is 2.42. The first-order chi connectivity index (χ1) is 17.3. The molecule has 6 nitrogen and oxygen atoms in total. The highest BCUT2D eigenvalue weighted by Crippen LogP contribution is 2.25. The molecular formula is C27H29F3N4O2. The van der Waals surface area contributed by atoms with Crippen LogP contribution >= 0.6 is 0 Å². The van der Waals surface area contributed by atoms with E-state index in [0.29, 0.717) is 18.5 Å². The number of aromatic nitrogens is 2. The number of likely N-dealkylation sites (tertiary alicyclic amines) is 1. The van der Waals surface area contributed by atoms with Gasteiger partial charge in [0.15, 0.2) is 0 Å². The lowest BCUT2D eigenvalue weighted by atomic mass is 10.0. The minimum atomic E-state index is -4.87. The molecule has 36 heavy (non-hydrogen) atoms. The van der Waals surface area contributed by atoms with Crippen LogP contribution in [0.1, 0.15) is 35.6 Å². The van der Waals surface area contributed by atoms with E-state index in [4.69, 9.17) is 0 Å². The van der Waals surface area contributed by atoms with Crippen molar-refractivity contribution in [1.29, 1.82) is 0 Å². The van der Waals surface area contributed by atoms with Crippen molar-refractivity contribution < 1.29 is 18.0 Å². The normalized spacial score (nSPS) is 17.6. The van der Waals surface area contributed by atoms with Crippen molar-refractivity contribution in [1.82, 2.24) is 18.9 Å². The number of hydrogen-bond donors (Lipinski definition) is 0. The van der Waals surface area contributed by atoms with E-state index >= 15 is 0 Å². The van der Waals surface area contributed by atoms with Gasteiger partial charge in [0.2, 0.25) is 0 Å². The van der Waals surface area contributed by atoms with Crippen molar-refractivity contribution in [2.75, 3.05) is 26.2 Å². The van der Waals surface area contributed by atoms with Crippen LogP contribution in [-0.2, 0) is 24.2 Å². The van der Waals surface area contributed by atoms with E-state index in [9.17, 15) is 22.8 Å². The lowest BCUT2D eigenvalue weighted by molar-refractivity contribution is -0.185. The van der Waals surface area contributed by atoms with E-state index in [0.717, 1.165) is 48.5 Å². The molecule has 1 fully saturated rings. The Morgan fingerprint density at radius 2 is 1.58 bits per heavy atom. The molecule has 3 aromatic rings. The van der Waals surface area contributed by atoms with E-state index in [-0.39, 0.29) is 24.8 Å². The largest absolute Gasteiger partial charge is 0.471 e. The first kappa shape index (κ1) is 24.4. The zero-order valence-electron chi connectivity index (χ0n) is 20.0. The number of amides is 1. The Hall–Kier alpha value is -3.33. The Morgan fingerprint density at radius 1 is 0.889 bits per heavy atom. The van der Waals surface area contributed by atoms with E-state index in [2.05, 4.69) is 17.0 Å². The van der Waals surface area contributed by atoms with E-state index in [1.165, 1.54) is 5.56 Å². The molecule has 9 heteroatoms. The number of carbonyl (C=O) groups is 1. The Bertz CT molecular complexity index is 1270. The molecule has 1 aromatic heterocycles. The fourth-order valence-electron chi connectivity index (χ4n) is 5.31. The Balaban J connectivity index is 1.26. The molecular weight excluding hydrogens is 469 g/mol. The average Bonchev–Trinajstić information content (AvgIpc) is 3.12. The fraction of sp³-hybridized carbons (Fsp3) is 0.407. The number of imidazole rings is 1. The lowest BCUT2D eigenvalue weighted by Gasteiger charge is -2.32. The van der Waals surface area contributed by atoms with Crippen molar-refractivity contribution in [3.8, 4) is 5.69 Å². The van der Waals surface area contributed by atoms with Crippen molar-refractivity contribution >= 4 is 5.91 Å². The van der Waals surface area contributed by atoms with Crippen LogP contribution < -0.4 is 5.69 Å². The molecule has 190 valence electrons. The summed E-state index contributed by atoms with van der Waals surface area (Å²) in [5.74, 6) is -1.79. The summed E-state index contributed by atoms with van der Waals surface area (Å²) in [5, 5.41) is 0. The molecule has 2 aromatic carbocycles. The van der Waals surface area contributed by atoms with Crippen LogP contribution in [0.15, 0.2) is 65.7 Å². The summed E-state index contributed by atoms with van der Waals surface area (Å²) in [6.45, 7) is 2.78. The molecule has 0 unspecified atom stereocenters. The molecule has 0 atom stereocenters. The molecule has 2 aliphatic rings. The van der Waals surface area contributed by atoms with Crippen molar-refractivity contribution in [3.05, 3.63) is 88.1 Å². The second kappa shape index (κ2) is 9.97. The first-order valence-electron chi connectivity index (χ1n) is 12.3. The van der Waals surface area contributed by atoms with Crippen LogP contribution in [0.2, 0.25) is 0 Å². The number of halogens is 3. The quantitative estimate of drug-likeness (QED) is 0.547. The molecule has 3 heterocycles. The molecule has 1 amide bonds. The maximum atomic E-state index is 13.3. The van der Waals surface area contributed by atoms with Gasteiger partial charge >= 0.3 is 17.8 Å². The predicted octanol–water partition coefficient (Wildman–Crippen LogP) is 3.97. The Morgan fingerprint density at radius 3 is 2.28 bits per heavy atom. The molecule has 5 rings (SSSR count). The molecule has 0 saturated carbocycles. The molecule has 0 aliphatic carbocycles. The number of rotatable bonds is 4. The van der Waals surface area contributed by atoms with E-state index < -0.39 is 12.1 Å². The standard InChI is InChI=1S/C27H29F3N4O2/c28-27(29,30)25(35)32-14-8-21-6-7-24(18-22(21)9-15-32)34-17-16-33(26(34)36)23-10-12-31(13-11-23)19-20-4-2-1-3-5-20/h1-7,16-18,23H,8-15,19H2. The van der Waals surface area contributed by atoms with E-state index in [1.54, 1.807) is 15.3 Å². The van der Waals surface area contributed by atoms with Crippen LogP contribution in [-0.4, -0.2) is 57.2 Å². The van der Waals surface area contributed by atoms with Gasteiger partial charge in [-0.25, -0.2) is 4.79 Å². The van der Waals surface area contributed by atoms with Crippen LogP contribution in [0.5, 0.6) is 0 Å². The zero-order chi connectivity index (χ0) is 25.3. The molecule has 0 N–H and O–H groups in total. The zero-order valence-corrected chi connectivity index (χ0v) is 20.0. The molecule has 1 saturated heterocycles. The van der Waals surface area contributed by atoms with Gasteiger partial charge in [0.25, 0.3) is 0 Å². The highest BCUT2D eigenvalue weighted by molar-refractivity contribution is 5.82. The van der Waals surface area contributed by atoms with Gasteiger partial charge in [-0.05, 0) is 54.5 Å². The van der Waals surface area contributed by atoms with Gasteiger partial charge < -0.3 is 4.90 Å². The third-order valence-electron chi connectivity index (χ3n) is 7.30. The first-order valence-corrected chi connectivity index (χ1v) is 12.3. The maximum absolute atomic E-state index is 13.3. The third kappa shape index (κ3) is 5.11. The number of fused-ring (bicyclic) bond motifs is 1. The van der Waals surface area contributed by atoms with Gasteiger partial charge in [0, 0.05) is 51.2 Å². The Labute approximate surface area is 207 Å². The second-order valence-electron chi connectivity index (χ2n) is 9.59. The monoisotopic (exact) mass is 498 g/mol. The molecule has 0 bridgehead atoms. The van der Waals surface area contributed by atoms with E-state index in [1.807, 2.05) is 42.6 Å². The minimum absolute atomic E-state index is 0.00621. The number of carbonyl (C=O) groups excluding carboxylic acids is 1. The molecule has 0 spiro atoms. The lowest BCUT2D eigenvalue weighted by Crippen LogP contribution is -2.42. The number of nitrogens with zero attached hydrogens (tertiary/aromatic N) is 4. The smallest absolute Gasteiger partial charge is 0.334 e. The van der Waals surface area contributed by atoms with Crippen molar-refractivity contribution in [2.24, 2.45) is 0 Å². The summed E-state index contributed by atoms with van der Waals surface area (Å²) in [5.41, 5.74) is 3.65. The number of alkyl halides is 3. The fourth-order valence-corrected chi connectivity index (χ4v) is 5.31. The maximum Gasteiger partial charge on any atom is 0.471 e. The SMILES string of the molecule is O=C(N1CCc2ccc(-n3ccn(C4CCN(Cc5ccccc5)CC4)c3=O)cc2CC1)C(F)(F)F. The number of hydrogen-bond acceptors (Lipinski definition) is 3. The predicted molar refractivity (Wildman–Crippen MR) is 130 cm³/mol. The van der Waals surface area contributed by atoms with Gasteiger partial charge in [0.1, 0.15) is 0 Å². The summed E-state index contributed by atoms with van der Waals surface area (Å²) in [6, 6.07) is 16.0. The van der Waals surface area contributed by atoms with Crippen LogP contribution in [0.3, 0.4) is 0 Å². The average molecular weight is 499 g/mol. The van der Waals surface area contributed by atoms with Gasteiger partial charge in [-0.1, -0.05) is 36.4 Å². The highest BCUT2D eigenvalue weighted by atomic mass is 19.4. The Kier molecular flexibility index (Phi) is 6.75. The summed E-state index contributed by atoms with van der Waals surface area (Å²) < 4.78 is 42.0. The van der Waals surface area contributed by atoms with Crippen LogP contribution in [0.4, 0.5) is 13.2 Å². The van der Waals surface area contributed by atoms with Gasteiger partial charge in [0.05, 0.1) is 5.69 Å². The van der Waals surface area contributed by atoms with Crippen molar-refractivity contribution in [3.63, 3.8) is 0 Å². The van der Waals surface area contributed by atoms with Crippen LogP contribution in [0.25, 0.3) is 5.69 Å². The summed E-state index contributed by atoms with van der Waals surface area (Å²) >= 11 is 0. The number of benzene rings is 2. The third-order valence-corrected chi connectivity index (χ3v) is 7.30. The molecule has 0 radical (unpaired) electrons. The summed E-state index contributed by atoms with van der Waals surface area (Å²) in [4.78, 5) is 28.2. The number of piperidine rings is 1. The van der Waals surface area contributed by atoms with Gasteiger partial charge in [-0.15, -0.1) is 0 Å². The van der Waals surface area contributed by atoms with Gasteiger partial charge in [-0.2, -0.15) is 13.2 Å². The minimum Gasteiger partial charge on any atom is -0.334 e. The second-order valence-corrected chi connectivity index (χ2v) is 9.59. The van der Waals surface area contributed by atoms with Crippen molar-refractivity contribution in [2.45, 2.75) is 44.4 Å². The van der Waals surface area contributed by atoms with Crippen LogP contribution in [0, 0.1) is 0 Å². The van der Waals surface area contributed by atoms with Gasteiger partial charge in [-0.3, -0.25) is 18.8 Å². The summed E-state index contributed by atoms with van der Waals surface area (Å²) in [7, 11) is 0. The summed E-state index contributed by atoms with van der Waals surface area (Å²) in [6.07, 6.45) is 1.19.